The average molecular weight is 263 g/mol. The summed E-state index contributed by atoms with van der Waals surface area (Å²) in [7, 11) is 0. The molecule has 3 N–H and O–H groups in total. The Morgan fingerprint density at radius 1 is 1.16 bits per heavy atom. The van der Waals surface area contributed by atoms with Gasteiger partial charge in [0.05, 0.1) is 6.42 Å². The molecule has 0 bridgehead atoms. The van der Waals surface area contributed by atoms with Gasteiger partial charge >= 0.3 is 11.9 Å². The van der Waals surface area contributed by atoms with Crippen LogP contribution in [-0.4, -0.2) is 28.1 Å². The Labute approximate surface area is 109 Å². The van der Waals surface area contributed by atoms with Gasteiger partial charge in [-0.2, -0.15) is 0 Å². The molecular weight excluding hydrogens is 250 g/mol. The molecule has 1 amide bonds. The third-order valence-electron chi connectivity index (χ3n) is 2.26. The summed E-state index contributed by atoms with van der Waals surface area (Å²) in [4.78, 5) is 32.5. The van der Waals surface area contributed by atoms with Gasteiger partial charge in [0.15, 0.2) is 0 Å². The first kappa shape index (κ1) is 14.4. The van der Waals surface area contributed by atoms with Crippen LogP contribution in [0.2, 0.25) is 0 Å². The second-order valence-corrected chi connectivity index (χ2v) is 3.89. The highest BCUT2D eigenvalue weighted by Gasteiger charge is 2.05. The average Bonchev–Trinajstić information content (AvgIpc) is 2.30. The summed E-state index contributed by atoms with van der Waals surface area (Å²) in [5.74, 6) is -2.64. The molecule has 0 unspecified atom stereocenters. The molecule has 100 valence electrons. The summed E-state index contributed by atoms with van der Waals surface area (Å²) in [6.45, 7) is 1.32. The van der Waals surface area contributed by atoms with Crippen LogP contribution >= 0.6 is 0 Å². The van der Waals surface area contributed by atoms with E-state index in [0.29, 0.717) is 11.3 Å². The van der Waals surface area contributed by atoms with E-state index in [1.54, 1.807) is 24.3 Å². The van der Waals surface area contributed by atoms with Crippen LogP contribution in [0, 0.1) is 0 Å². The number of carbonyl (C=O) groups excluding carboxylic acids is 1. The molecule has 0 aliphatic carbocycles. The number of amides is 1. The lowest BCUT2D eigenvalue weighted by Crippen LogP contribution is -2.10. The van der Waals surface area contributed by atoms with Crippen molar-refractivity contribution in [3.05, 3.63) is 41.5 Å². The molecule has 0 aliphatic rings. The van der Waals surface area contributed by atoms with Crippen molar-refractivity contribution in [3.8, 4) is 0 Å². The Balaban J connectivity index is 2.68. The van der Waals surface area contributed by atoms with Gasteiger partial charge in [0, 0.05) is 17.3 Å². The van der Waals surface area contributed by atoms with E-state index < -0.39 is 17.8 Å². The Hall–Kier alpha value is -2.63. The maximum absolute atomic E-state index is 11.4. The molecule has 0 aliphatic heterocycles. The maximum Gasteiger partial charge on any atom is 0.331 e. The van der Waals surface area contributed by atoms with Gasteiger partial charge in [-0.25, -0.2) is 4.79 Å². The summed E-state index contributed by atoms with van der Waals surface area (Å²) < 4.78 is 0. The van der Waals surface area contributed by atoms with E-state index in [1.165, 1.54) is 6.92 Å². The molecule has 0 atom stereocenters. The highest BCUT2D eigenvalue weighted by molar-refractivity contribution is 6.04. The quantitative estimate of drug-likeness (QED) is 0.694. The van der Waals surface area contributed by atoms with Crippen LogP contribution in [0.4, 0.5) is 5.69 Å². The van der Waals surface area contributed by atoms with E-state index in [4.69, 9.17) is 10.2 Å². The normalized spacial score (nSPS) is 10.9. The van der Waals surface area contributed by atoms with E-state index in [1.807, 2.05) is 0 Å². The van der Waals surface area contributed by atoms with Gasteiger partial charge in [-0.3, -0.25) is 9.59 Å². The molecule has 1 aromatic carbocycles. The fourth-order valence-corrected chi connectivity index (χ4v) is 1.32. The third-order valence-corrected chi connectivity index (χ3v) is 2.26. The first-order valence-corrected chi connectivity index (χ1v) is 5.42. The van der Waals surface area contributed by atoms with E-state index >= 15 is 0 Å². The molecule has 0 saturated heterocycles. The second kappa shape index (κ2) is 6.34. The fourth-order valence-electron chi connectivity index (χ4n) is 1.32. The first-order valence-electron chi connectivity index (χ1n) is 5.42. The Kier molecular flexibility index (Phi) is 4.82. The van der Waals surface area contributed by atoms with Crippen LogP contribution in [0.3, 0.4) is 0 Å². The third kappa shape index (κ3) is 5.03. The first-order chi connectivity index (χ1) is 8.88. The number of carboxylic acids is 2. The van der Waals surface area contributed by atoms with Crippen LogP contribution in [0.5, 0.6) is 0 Å². The van der Waals surface area contributed by atoms with Crippen molar-refractivity contribution in [1.82, 2.24) is 0 Å². The zero-order valence-electron chi connectivity index (χ0n) is 10.2. The van der Waals surface area contributed by atoms with Crippen molar-refractivity contribution >= 4 is 23.5 Å². The predicted octanol–water partition coefficient (Wildman–Crippen LogP) is 1.28. The van der Waals surface area contributed by atoms with Crippen molar-refractivity contribution in [3.63, 3.8) is 0 Å². The molecule has 0 saturated carbocycles. The van der Waals surface area contributed by atoms with E-state index in [0.717, 1.165) is 6.08 Å². The summed E-state index contributed by atoms with van der Waals surface area (Å²) in [6, 6.07) is 6.27. The zero-order chi connectivity index (χ0) is 14.4. The molecule has 1 rings (SSSR count). The molecule has 6 heteroatoms. The SMILES string of the molecule is C/C(=C\C(=O)Nc1ccc(CC(=O)O)cc1)C(=O)O. The number of hydrogen-bond donors (Lipinski definition) is 3. The monoisotopic (exact) mass is 263 g/mol. The smallest absolute Gasteiger partial charge is 0.331 e. The number of carboxylic acid groups (broad SMARTS) is 2. The molecule has 0 heterocycles. The van der Waals surface area contributed by atoms with Crippen molar-refractivity contribution in [2.75, 3.05) is 5.32 Å². The Bertz CT molecular complexity index is 530. The van der Waals surface area contributed by atoms with Gasteiger partial charge in [0.1, 0.15) is 0 Å². The zero-order valence-corrected chi connectivity index (χ0v) is 10.2. The van der Waals surface area contributed by atoms with Crippen molar-refractivity contribution in [2.24, 2.45) is 0 Å². The number of aliphatic carboxylic acids is 2. The lowest BCUT2D eigenvalue weighted by atomic mass is 10.1. The molecular formula is C13H13NO5. The molecule has 19 heavy (non-hydrogen) atoms. The van der Waals surface area contributed by atoms with Gasteiger partial charge in [-0.05, 0) is 24.6 Å². The highest BCUT2D eigenvalue weighted by Crippen LogP contribution is 2.10. The molecule has 0 fully saturated rings. The van der Waals surface area contributed by atoms with Gasteiger partial charge in [0.2, 0.25) is 5.91 Å². The van der Waals surface area contributed by atoms with Gasteiger partial charge in [-0.15, -0.1) is 0 Å². The minimum Gasteiger partial charge on any atom is -0.481 e. The van der Waals surface area contributed by atoms with Gasteiger partial charge in [-0.1, -0.05) is 12.1 Å². The van der Waals surface area contributed by atoms with Crippen LogP contribution < -0.4 is 5.32 Å². The van der Waals surface area contributed by atoms with E-state index in [2.05, 4.69) is 5.32 Å². The van der Waals surface area contributed by atoms with E-state index in [-0.39, 0.29) is 12.0 Å². The number of carbonyl (C=O) groups is 3. The Morgan fingerprint density at radius 3 is 2.21 bits per heavy atom. The largest absolute Gasteiger partial charge is 0.481 e. The maximum atomic E-state index is 11.4. The lowest BCUT2D eigenvalue weighted by molar-refractivity contribution is -0.136. The molecule has 6 nitrogen and oxygen atoms in total. The lowest BCUT2D eigenvalue weighted by Gasteiger charge is -2.03. The van der Waals surface area contributed by atoms with Crippen molar-refractivity contribution in [2.45, 2.75) is 13.3 Å². The van der Waals surface area contributed by atoms with Gasteiger partial charge < -0.3 is 15.5 Å². The second-order valence-electron chi connectivity index (χ2n) is 3.89. The standard InChI is InChI=1S/C13H13NO5/c1-8(13(18)19)6-11(15)14-10-4-2-9(3-5-10)7-12(16)17/h2-6H,7H2,1H3,(H,14,15)(H,16,17)(H,18,19)/b8-6+. The number of anilines is 1. The highest BCUT2D eigenvalue weighted by atomic mass is 16.4. The summed E-state index contributed by atoms with van der Waals surface area (Å²) >= 11 is 0. The van der Waals surface area contributed by atoms with Crippen molar-refractivity contribution in [1.29, 1.82) is 0 Å². The van der Waals surface area contributed by atoms with Crippen molar-refractivity contribution < 1.29 is 24.6 Å². The molecule has 0 aromatic heterocycles. The summed E-state index contributed by atoms with van der Waals surface area (Å²) in [5.41, 5.74) is 1.01. The molecule has 0 spiro atoms. The minimum absolute atomic E-state index is 0.0694. The summed E-state index contributed by atoms with van der Waals surface area (Å²) in [5, 5.41) is 19.7. The fraction of sp³-hybridized carbons (Fsp3) is 0.154. The molecule has 1 aromatic rings. The minimum atomic E-state index is -1.16. The topological polar surface area (TPSA) is 104 Å². The van der Waals surface area contributed by atoms with Crippen LogP contribution in [0.1, 0.15) is 12.5 Å². The summed E-state index contributed by atoms with van der Waals surface area (Å²) in [6.07, 6.45) is 0.889. The van der Waals surface area contributed by atoms with Gasteiger partial charge in [0.25, 0.3) is 0 Å². The Morgan fingerprint density at radius 2 is 1.74 bits per heavy atom. The number of nitrogens with one attached hydrogen (secondary N) is 1. The van der Waals surface area contributed by atoms with Crippen LogP contribution in [0.15, 0.2) is 35.9 Å². The predicted molar refractivity (Wildman–Crippen MR) is 67.8 cm³/mol. The number of rotatable bonds is 5. The van der Waals surface area contributed by atoms with E-state index in [9.17, 15) is 14.4 Å². The van der Waals surface area contributed by atoms with Crippen LogP contribution in [0.25, 0.3) is 0 Å². The molecule has 0 radical (unpaired) electrons. The number of hydrogen-bond acceptors (Lipinski definition) is 3. The number of benzene rings is 1. The van der Waals surface area contributed by atoms with Crippen LogP contribution in [-0.2, 0) is 20.8 Å².